The van der Waals surface area contributed by atoms with Gasteiger partial charge in [-0.2, -0.15) is 0 Å². The van der Waals surface area contributed by atoms with Crippen LogP contribution in [0.25, 0.3) is 10.2 Å². The van der Waals surface area contributed by atoms with Gasteiger partial charge in [0.15, 0.2) is 5.13 Å². The molecule has 5 nitrogen and oxygen atoms in total. The van der Waals surface area contributed by atoms with Crippen LogP contribution in [0.4, 0.5) is 5.13 Å². The van der Waals surface area contributed by atoms with Gasteiger partial charge in [-0.3, -0.25) is 14.7 Å². The third-order valence-electron chi connectivity index (χ3n) is 4.88. The first-order valence-corrected chi connectivity index (χ1v) is 10.1. The van der Waals surface area contributed by atoms with Crippen molar-refractivity contribution < 1.29 is 9.53 Å². The van der Waals surface area contributed by atoms with E-state index in [1.165, 1.54) is 11.3 Å². The number of hydrogen-bond donors (Lipinski definition) is 0. The van der Waals surface area contributed by atoms with Gasteiger partial charge in [-0.05, 0) is 66.9 Å². The van der Waals surface area contributed by atoms with Crippen LogP contribution in [0.1, 0.15) is 27.0 Å². The third kappa shape index (κ3) is 3.98. The Morgan fingerprint density at radius 2 is 1.97 bits per heavy atom. The van der Waals surface area contributed by atoms with Gasteiger partial charge in [0, 0.05) is 18.0 Å². The van der Waals surface area contributed by atoms with Crippen molar-refractivity contribution in [2.24, 2.45) is 0 Å². The summed E-state index contributed by atoms with van der Waals surface area (Å²) in [6, 6.07) is 15.4. The molecule has 0 bridgehead atoms. The number of anilines is 1. The SMILES string of the molecule is COc1ccc2nc(N(Cc3cccnc3)C(=O)c3ccc(C)c(C)c3)sc2c1. The van der Waals surface area contributed by atoms with Crippen molar-refractivity contribution in [1.82, 2.24) is 9.97 Å². The van der Waals surface area contributed by atoms with Crippen molar-refractivity contribution >= 4 is 32.6 Å². The number of hydrogen-bond acceptors (Lipinski definition) is 5. The summed E-state index contributed by atoms with van der Waals surface area (Å²) in [4.78, 5) is 24.1. The third-order valence-corrected chi connectivity index (χ3v) is 5.92. The van der Waals surface area contributed by atoms with Gasteiger partial charge in [0.1, 0.15) is 5.75 Å². The lowest BCUT2D eigenvalue weighted by molar-refractivity contribution is 0.0985. The largest absolute Gasteiger partial charge is 0.497 e. The summed E-state index contributed by atoms with van der Waals surface area (Å²) in [6.07, 6.45) is 3.50. The fraction of sp³-hybridized carbons (Fsp3) is 0.174. The Bertz CT molecular complexity index is 1170. The van der Waals surface area contributed by atoms with Crippen molar-refractivity contribution in [2.45, 2.75) is 20.4 Å². The molecular weight excluding hydrogens is 382 g/mol. The number of pyridine rings is 1. The molecule has 0 radical (unpaired) electrons. The maximum Gasteiger partial charge on any atom is 0.260 e. The predicted molar refractivity (Wildman–Crippen MR) is 117 cm³/mol. The summed E-state index contributed by atoms with van der Waals surface area (Å²) >= 11 is 1.48. The lowest BCUT2D eigenvalue weighted by atomic mass is 10.1. The van der Waals surface area contributed by atoms with Gasteiger partial charge in [-0.15, -0.1) is 0 Å². The normalized spacial score (nSPS) is 10.9. The number of aryl methyl sites for hydroxylation is 2. The molecule has 6 heteroatoms. The molecule has 2 heterocycles. The van der Waals surface area contributed by atoms with E-state index in [1.807, 2.05) is 62.4 Å². The van der Waals surface area contributed by atoms with E-state index in [9.17, 15) is 4.79 Å². The molecule has 0 atom stereocenters. The zero-order valence-corrected chi connectivity index (χ0v) is 17.4. The number of carbonyl (C=O) groups is 1. The fourth-order valence-electron chi connectivity index (χ4n) is 3.07. The summed E-state index contributed by atoms with van der Waals surface area (Å²) in [5.74, 6) is 0.690. The Morgan fingerprint density at radius 3 is 2.69 bits per heavy atom. The zero-order valence-electron chi connectivity index (χ0n) is 16.5. The molecule has 2 aromatic carbocycles. The molecule has 0 spiro atoms. The number of nitrogens with zero attached hydrogens (tertiary/aromatic N) is 3. The number of rotatable bonds is 5. The van der Waals surface area contributed by atoms with E-state index in [4.69, 9.17) is 9.72 Å². The predicted octanol–water partition coefficient (Wildman–Crippen LogP) is 5.16. The first kappa shape index (κ1) is 19.1. The van der Waals surface area contributed by atoms with Crippen LogP contribution < -0.4 is 9.64 Å². The van der Waals surface area contributed by atoms with Crippen LogP contribution in [-0.4, -0.2) is 23.0 Å². The maximum atomic E-state index is 13.5. The van der Waals surface area contributed by atoms with Gasteiger partial charge >= 0.3 is 0 Å². The average Bonchev–Trinajstić information content (AvgIpc) is 3.17. The highest BCUT2D eigenvalue weighted by Gasteiger charge is 2.22. The molecule has 0 N–H and O–H groups in total. The maximum absolute atomic E-state index is 13.5. The first-order valence-electron chi connectivity index (χ1n) is 9.28. The summed E-state index contributed by atoms with van der Waals surface area (Å²) in [5, 5.41) is 0.653. The van der Waals surface area contributed by atoms with Gasteiger partial charge in [-0.25, -0.2) is 4.98 Å². The Morgan fingerprint density at radius 1 is 1.10 bits per heavy atom. The van der Waals surface area contributed by atoms with E-state index in [-0.39, 0.29) is 5.91 Å². The lowest BCUT2D eigenvalue weighted by Crippen LogP contribution is -2.30. The Balaban J connectivity index is 1.77. The molecule has 0 aliphatic carbocycles. The number of thiazole rings is 1. The first-order chi connectivity index (χ1) is 14.0. The van der Waals surface area contributed by atoms with Crippen molar-refractivity contribution in [1.29, 1.82) is 0 Å². The van der Waals surface area contributed by atoms with Crippen LogP contribution in [0.2, 0.25) is 0 Å². The standard InChI is InChI=1S/C23H21N3O2S/c1-15-6-7-18(11-16(15)2)22(27)26(14-17-5-4-10-24-13-17)23-25-20-9-8-19(28-3)12-21(20)29-23/h4-13H,14H2,1-3H3. The Labute approximate surface area is 173 Å². The van der Waals surface area contributed by atoms with Crippen LogP contribution in [0.5, 0.6) is 5.75 Å². The van der Waals surface area contributed by atoms with E-state index in [2.05, 4.69) is 4.98 Å². The molecule has 0 aliphatic rings. The second-order valence-electron chi connectivity index (χ2n) is 6.88. The Hall–Kier alpha value is -3.25. The highest BCUT2D eigenvalue weighted by atomic mass is 32.1. The van der Waals surface area contributed by atoms with Gasteiger partial charge in [0.05, 0.1) is 23.9 Å². The highest BCUT2D eigenvalue weighted by molar-refractivity contribution is 7.22. The minimum atomic E-state index is -0.0806. The number of benzene rings is 2. The molecule has 0 aliphatic heterocycles. The van der Waals surface area contributed by atoms with Crippen molar-refractivity contribution in [3.05, 3.63) is 83.2 Å². The van der Waals surface area contributed by atoms with E-state index in [0.717, 1.165) is 32.7 Å². The minimum absolute atomic E-state index is 0.0806. The van der Waals surface area contributed by atoms with Gasteiger partial charge < -0.3 is 4.74 Å². The number of aromatic nitrogens is 2. The van der Waals surface area contributed by atoms with Gasteiger partial charge in [-0.1, -0.05) is 23.5 Å². The van der Waals surface area contributed by atoms with Crippen molar-refractivity contribution in [2.75, 3.05) is 12.0 Å². The van der Waals surface area contributed by atoms with Crippen LogP contribution in [-0.2, 0) is 6.54 Å². The molecule has 146 valence electrons. The van der Waals surface area contributed by atoms with Crippen LogP contribution in [0.3, 0.4) is 0 Å². The number of ether oxygens (including phenoxy) is 1. The lowest BCUT2D eigenvalue weighted by Gasteiger charge is -2.20. The summed E-state index contributed by atoms with van der Waals surface area (Å²) in [5.41, 5.74) is 4.68. The highest BCUT2D eigenvalue weighted by Crippen LogP contribution is 2.33. The molecular formula is C23H21N3O2S. The molecule has 1 amide bonds. The molecule has 4 rings (SSSR count). The summed E-state index contributed by atoms with van der Waals surface area (Å²) in [7, 11) is 1.64. The number of methoxy groups -OCH3 is 1. The van der Waals surface area contributed by atoms with E-state index in [1.54, 1.807) is 24.4 Å². The number of amides is 1. The van der Waals surface area contributed by atoms with Crippen molar-refractivity contribution in [3.8, 4) is 5.75 Å². The second kappa shape index (κ2) is 8.01. The van der Waals surface area contributed by atoms with E-state index < -0.39 is 0 Å². The van der Waals surface area contributed by atoms with Gasteiger partial charge in [0.2, 0.25) is 0 Å². The van der Waals surface area contributed by atoms with Crippen molar-refractivity contribution in [3.63, 3.8) is 0 Å². The number of fused-ring (bicyclic) bond motifs is 1. The average molecular weight is 404 g/mol. The Kier molecular flexibility index (Phi) is 5.27. The molecule has 29 heavy (non-hydrogen) atoms. The summed E-state index contributed by atoms with van der Waals surface area (Å²) < 4.78 is 6.29. The van der Waals surface area contributed by atoms with Crippen LogP contribution in [0.15, 0.2) is 60.9 Å². The molecule has 2 aromatic heterocycles. The quantitative estimate of drug-likeness (QED) is 0.462. The molecule has 0 saturated heterocycles. The topological polar surface area (TPSA) is 55.3 Å². The molecule has 0 saturated carbocycles. The van der Waals surface area contributed by atoms with E-state index >= 15 is 0 Å². The van der Waals surface area contributed by atoms with Crippen LogP contribution in [0, 0.1) is 13.8 Å². The zero-order chi connectivity index (χ0) is 20.4. The summed E-state index contributed by atoms with van der Waals surface area (Å²) in [6.45, 7) is 4.45. The molecule has 4 aromatic rings. The number of carbonyl (C=O) groups excluding carboxylic acids is 1. The minimum Gasteiger partial charge on any atom is -0.497 e. The molecule has 0 unspecified atom stereocenters. The van der Waals surface area contributed by atoms with Gasteiger partial charge in [0.25, 0.3) is 5.91 Å². The molecule has 0 fully saturated rings. The van der Waals surface area contributed by atoms with E-state index in [0.29, 0.717) is 17.2 Å². The fourth-order valence-corrected chi connectivity index (χ4v) is 4.06. The smallest absolute Gasteiger partial charge is 0.260 e. The second-order valence-corrected chi connectivity index (χ2v) is 7.89. The monoisotopic (exact) mass is 403 g/mol. The van der Waals surface area contributed by atoms with Crippen LogP contribution >= 0.6 is 11.3 Å².